The second-order valence-corrected chi connectivity index (χ2v) is 12.3. The molecule has 0 amide bonds. The lowest BCUT2D eigenvalue weighted by Gasteiger charge is -2.18. The Morgan fingerprint density at radius 1 is 0.475 bits per heavy atom. The highest BCUT2D eigenvalue weighted by Gasteiger charge is 2.14. The molecule has 1 atom stereocenters. The van der Waals surface area contributed by atoms with E-state index in [4.69, 9.17) is 4.74 Å². The average molecular weight is 561 g/mol. The van der Waals surface area contributed by atoms with Crippen LogP contribution in [0.4, 0.5) is 0 Å². The number of allylic oxidation sites excluding steroid dienone is 4. The van der Waals surface area contributed by atoms with Crippen molar-refractivity contribution in [2.24, 2.45) is 0 Å². The third-order valence-electron chi connectivity index (χ3n) is 8.14. The van der Waals surface area contributed by atoms with Gasteiger partial charge in [-0.05, 0) is 64.2 Å². The number of hydrogen-bond acceptors (Lipinski definition) is 2. The molecule has 0 aliphatic rings. The van der Waals surface area contributed by atoms with Gasteiger partial charge in [0.2, 0.25) is 0 Å². The molecular formula is C38H72O2. The SMILES string of the molecule is CCCCCC=CCC=CCCCCCCCC(=O)OC(CCCCCCCC)CCCCCCCCCCC. The Bertz CT molecular complexity index is 550. The highest BCUT2D eigenvalue weighted by atomic mass is 16.5. The van der Waals surface area contributed by atoms with Crippen LogP contribution in [0.3, 0.4) is 0 Å². The zero-order valence-electron chi connectivity index (χ0n) is 27.7. The fourth-order valence-electron chi connectivity index (χ4n) is 5.42. The van der Waals surface area contributed by atoms with Crippen LogP contribution in [0.25, 0.3) is 0 Å². The zero-order valence-corrected chi connectivity index (χ0v) is 27.7. The minimum Gasteiger partial charge on any atom is -0.462 e. The summed E-state index contributed by atoms with van der Waals surface area (Å²) in [7, 11) is 0. The predicted octanol–water partition coefficient (Wildman–Crippen LogP) is 13.4. The van der Waals surface area contributed by atoms with E-state index in [1.165, 1.54) is 148 Å². The van der Waals surface area contributed by atoms with Gasteiger partial charge in [0.05, 0.1) is 0 Å². The molecule has 0 radical (unpaired) electrons. The molecule has 0 spiro atoms. The lowest BCUT2D eigenvalue weighted by molar-refractivity contribution is -0.150. The molecule has 0 bridgehead atoms. The monoisotopic (exact) mass is 561 g/mol. The maximum atomic E-state index is 12.6. The van der Waals surface area contributed by atoms with Crippen molar-refractivity contribution in [3.05, 3.63) is 24.3 Å². The molecule has 0 heterocycles. The minimum absolute atomic E-state index is 0.0533. The van der Waals surface area contributed by atoms with Crippen LogP contribution in [0.2, 0.25) is 0 Å². The van der Waals surface area contributed by atoms with Gasteiger partial charge >= 0.3 is 5.97 Å². The van der Waals surface area contributed by atoms with Gasteiger partial charge < -0.3 is 4.74 Å². The highest BCUT2D eigenvalue weighted by Crippen LogP contribution is 2.18. The van der Waals surface area contributed by atoms with E-state index in [1.807, 2.05) is 0 Å². The zero-order chi connectivity index (χ0) is 29.2. The van der Waals surface area contributed by atoms with Gasteiger partial charge in [-0.1, -0.05) is 161 Å². The van der Waals surface area contributed by atoms with Crippen molar-refractivity contribution in [1.82, 2.24) is 0 Å². The molecule has 40 heavy (non-hydrogen) atoms. The largest absolute Gasteiger partial charge is 0.462 e. The Hall–Kier alpha value is -1.05. The van der Waals surface area contributed by atoms with E-state index in [0.717, 1.165) is 32.1 Å². The molecule has 1 unspecified atom stereocenters. The van der Waals surface area contributed by atoms with E-state index in [-0.39, 0.29) is 12.1 Å². The summed E-state index contributed by atoms with van der Waals surface area (Å²) in [5.41, 5.74) is 0. The summed E-state index contributed by atoms with van der Waals surface area (Å²) >= 11 is 0. The highest BCUT2D eigenvalue weighted by molar-refractivity contribution is 5.69. The number of esters is 1. The van der Waals surface area contributed by atoms with Crippen LogP contribution in [0.15, 0.2) is 24.3 Å². The van der Waals surface area contributed by atoms with Crippen LogP contribution in [-0.2, 0) is 9.53 Å². The van der Waals surface area contributed by atoms with Gasteiger partial charge in [-0.25, -0.2) is 0 Å². The van der Waals surface area contributed by atoms with Crippen molar-refractivity contribution < 1.29 is 9.53 Å². The molecule has 0 aromatic carbocycles. The summed E-state index contributed by atoms with van der Waals surface area (Å²) in [4.78, 5) is 12.6. The number of rotatable bonds is 32. The number of ether oxygens (including phenoxy) is 1. The number of carbonyl (C=O) groups is 1. The number of carbonyl (C=O) groups excluding carboxylic acids is 1. The van der Waals surface area contributed by atoms with E-state index in [9.17, 15) is 4.79 Å². The van der Waals surface area contributed by atoms with E-state index in [1.54, 1.807) is 0 Å². The Balaban J connectivity index is 3.95. The second-order valence-electron chi connectivity index (χ2n) is 12.3. The Morgan fingerprint density at radius 3 is 1.35 bits per heavy atom. The van der Waals surface area contributed by atoms with Crippen molar-refractivity contribution in [2.75, 3.05) is 0 Å². The van der Waals surface area contributed by atoms with Gasteiger partial charge in [0.15, 0.2) is 0 Å². The first-order chi connectivity index (χ1) is 19.7. The molecule has 0 aliphatic carbocycles. The van der Waals surface area contributed by atoms with Gasteiger partial charge in [-0.15, -0.1) is 0 Å². The second kappa shape index (κ2) is 34.2. The van der Waals surface area contributed by atoms with Crippen LogP contribution in [0, 0.1) is 0 Å². The van der Waals surface area contributed by atoms with E-state index >= 15 is 0 Å². The molecule has 0 N–H and O–H groups in total. The molecule has 0 saturated carbocycles. The van der Waals surface area contributed by atoms with Crippen LogP contribution in [0.5, 0.6) is 0 Å². The summed E-state index contributed by atoms with van der Waals surface area (Å²) in [5.74, 6) is 0.0533. The lowest BCUT2D eigenvalue weighted by Crippen LogP contribution is -2.18. The van der Waals surface area contributed by atoms with Crippen LogP contribution in [0.1, 0.15) is 207 Å². The van der Waals surface area contributed by atoms with Gasteiger partial charge in [0, 0.05) is 6.42 Å². The topological polar surface area (TPSA) is 26.3 Å². The maximum Gasteiger partial charge on any atom is 0.306 e. The van der Waals surface area contributed by atoms with Gasteiger partial charge in [-0.3, -0.25) is 4.79 Å². The van der Waals surface area contributed by atoms with Crippen LogP contribution in [-0.4, -0.2) is 12.1 Å². The summed E-state index contributed by atoms with van der Waals surface area (Å²) < 4.78 is 6.02. The first-order valence-electron chi connectivity index (χ1n) is 18.2. The maximum absolute atomic E-state index is 12.6. The molecular weight excluding hydrogens is 488 g/mol. The lowest BCUT2D eigenvalue weighted by atomic mass is 10.0. The minimum atomic E-state index is 0.0533. The Kier molecular flexibility index (Phi) is 33.3. The van der Waals surface area contributed by atoms with Gasteiger partial charge in [0.25, 0.3) is 0 Å². The Morgan fingerprint density at radius 2 is 0.850 bits per heavy atom. The van der Waals surface area contributed by atoms with Crippen molar-refractivity contribution in [2.45, 2.75) is 213 Å². The normalized spacial score (nSPS) is 12.6. The van der Waals surface area contributed by atoms with E-state index in [0.29, 0.717) is 6.42 Å². The molecule has 0 aliphatic heterocycles. The summed E-state index contributed by atoms with van der Waals surface area (Å²) in [5, 5.41) is 0. The molecule has 0 aromatic heterocycles. The molecule has 0 rings (SSSR count). The first kappa shape index (κ1) is 39.0. The fourth-order valence-corrected chi connectivity index (χ4v) is 5.42. The molecule has 0 saturated heterocycles. The van der Waals surface area contributed by atoms with Crippen molar-refractivity contribution in [3.63, 3.8) is 0 Å². The quantitative estimate of drug-likeness (QED) is 0.0464. The molecule has 0 aromatic rings. The average Bonchev–Trinajstić information content (AvgIpc) is 2.95. The van der Waals surface area contributed by atoms with Crippen LogP contribution >= 0.6 is 0 Å². The number of unbranched alkanes of at least 4 members (excludes halogenated alkanes) is 21. The van der Waals surface area contributed by atoms with Crippen LogP contribution < -0.4 is 0 Å². The first-order valence-corrected chi connectivity index (χ1v) is 18.2. The molecule has 2 heteroatoms. The molecule has 236 valence electrons. The third-order valence-corrected chi connectivity index (χ3v) is 8.14. The van der Waals surface area contributed by atoms with E-state index in [2.05, 4.69) is 45.1 Å². The predicted molar refractivity (Wildman–Crippen MR) is 179 cm³/mol. The third kappa shape index (κ3) is 31.5. The van der Waals surface area contributed by atoms with Gasteiger partial charge in [0.1, 0.15) is 6.10 Å². The number of hydrogen-bond donors (Lipinski definition) is 0. The fraction of sp³-hybridized carbons (Fsp3) is 0.868. The molecule has 2 nitrogen and oxygen atoms in total. The standard InChI is InChI=1S/C38H72O2/c1-4-7-10-13-16-18-19-20-21-22-23-25-27-30-33-36-38(39)40-37(34-31-28-15-12-9-6-3)35-32-29-26-24-17-14-11-8-5-2/h16,18,20-21,37H,4-15,17,19,22-36H2,1-3H3. The smallest absolute Gasteiger partial charge is 0.306 e. The van der Waals surface area contributed by atoms with Crippen molar-refractivity contribution in [1.29, 1.82) is 0 Å². The Labute approximate surface area is 252 Å². The van der Waals surface area contributed by atoms with Crippen molar-refractivity contribution >= 4 is 5.97 Å². The van der Waals surface area contributed by atoms with Gasteiger partial charge in [-0.2, -0.15) is 0 Å². The van der Waals surface area contributed by atoms with E-state index < -0.39 is 0 Å². The molecule has 0 fully saturated rings. The summed E-state index contributed by atoms with van der Waals surface area (Å²) in [6.45, 7) is 6.81. The summed E-state index contributed by atoms with van der Waals surface area (Å²) in [6, 6.07) is 0. The summed E-state index contributed by atoms with van der Waals surface area (Å²) in [6.07, 6.45) is 45.5. The van der Waals surface area contributed by atoms with Crippen molar-refractivity contribution in [3.8, 4) is 0 Å².